The van der Waals surface area contributed by atoms with Crippen LogP contribution in [0.5, 0.6) is 0 Å². The van der Waals surface area contributed by atoms with Gasteiger partial charge in [-0.25, -0.2) is 4.98 Å². The molecular formula is C18H28N4. The van der Waals surface area contributed by atoms with Gasteiger partial charge in [0.2, 0.25) is 0 Å². The molecule has 0 atom stereocenters. The summed E-state index contributed by atoms with van der Waals surface area (Å²) in [4.78, 5) is 12.4. The Bertz CT molecular complexity index is 533. The quantitative estimate of drug-likeness (QED) is 0.773. The number of H-pyrrole nitrogens is 1. The van der Waals surface area contributed by atoms with Crippen LogP contribution < -0.4 is 0 Å². The Hall–Kier alpha value is -1.65. The number of aromatic nitrogens is 2. The molecule has 2 aromatic rings. The van der Waals surface area contributed by atoms with Crippen molar-refractivity contribution in [2.24, 2.45) is 0 Å². The molecule has 120 valence electrons. The van der Waals surface area contributed by atoms with E-state index in [0.29, 0.717) is 0 Å². The number of imidazole rings is 1. The first-order valence-electron chi connectivity index (χ1n) is 8.05. The van der Waals surface area contributed by atoms with Gasteiger partial charge in [-0.15, -0.1) is 0 Å². The lowest BCUT2D eigenvalue weighted by atomic mass is 10.1. The summed E-state index contributed by atoms with van der Waals surface area (Å²) in [6.45, 7) is 6.23. The second kappa shape index (κ2) is 8.71. The predicted molar refractivity (Wildman–Crippen MR) is 91.9 cm³/mol. The Kier molecular flexibility index (Phi) is 6.62. The minimum atomic E-state index is 0.948. The summed E-state index contributed by atoms with van der Waals surface area (Å²) >= 11 is 0. The molecule has 1 heterocycles. The van der Waals surface area contributed by atoms with Crippen molar-refractivity contribution in [3.63, 3.8) is 0 Å². The van der Waals surface area contributed by atoms with Crippen LogP contribution in [-0.2, 0) is 13.0 Å². The zero-order valence-electron chi connectivity index (χ0n) is 14.0. The number of nitrogens with one attached hydrogen (secondary N) is 1. The van der Waals surface area contributed by atoms with Crippen molar-refractivity contribution in [1.29, 1.82) is 0 Å². The lowest BCUT2D eigenvalue weighted by molar-refractivity contribution is 0.229. The Morgan fingerprint density at radius 1 is 1.05 bits per heavy atom. The highest BCUT2D eigenvalue weighted by atomic mass is 15.2. The summed E-state index contributed by atoms with van der Waals surface area (Å²) < 4.78 is 0. The first-order valence-corrected chi connectivity index (χ1v) is 8.05. The SMILES string of the molecule is Cc1ncc(CN(CCCc2ccccc2)CCN(C)C)[nH]1. The van der Waals surface area contributed by atoms with Gasteiger partial charge >= 0.3 is 0 Å². The maximum absolute atomic E-state index is 4.30. The summed E-state index contributed by atoms with van der Waals surface area (Å²) in [6.07, 6.45) is 4.28. The number of benzene rings is 1. The van der Waals surface area contributed by atoms with E-state index in [1.807, 2.05) is 13.1 Å². The van der Waals surface area contributed by atoms with Crippen molar-refractivity contribution in [3.05, 3.63) is 53.6 Å². The second-order valence-electron chi connectivity index (χ2n) is 6.16. The molecule has 1 aromatic carbocycles. The number of aromatic amines is 1. The number of hydrogen-bond acceptors (Lipinski definition) is 3. The van der Waals surface area contributed by atoms with Gasteiger partial charge < -0.3 is 9.88 Å². The van der Waals surface area contributed by atoms with Crippen LogP contribution in [0.25, 0.3) is 0 Å². The Labute approximate surface area is 134 Å². The van der Waals surface area contributed by atoms with Crippen molar-refractivity contribution in [1.82, 2.24) is 19.8 Å². The molecule has 0 bridgehead atoms. The number of hydrogen-bond donors (Lipinski definition) is 1. The van der Waals surface area contributed by atoms with Crippen molar-refractivity contribution >= 4 is 0 Å². The van der Waals surface area contributed by atoms with E-state index < -0.39 is 0 Å². The van der Waals surface area contributed by atoms with Gasteiger partial charge in [0.05, 0.1) is 0 Å². The Balaban J connectivity index is 1.83. The zero-order valence-corrected chi connectivity index (χ0v) is 14.0. The van der Waals surface area contributed by atoms with E-state index in [2.05, 4.69) is 64.2 Å². The number of likely N-dealkylation sites (N-methyl/N-ethyl adjacent to an activating group) is 1. The molecule has 0 spiro atoms. The molecule has 0 saturated heterocycles. The van der Waals surface area contributed by atoms with E-state index in [9.17, 15) is 0 Å². The van der Waals surface area contributed by atoms with Gasteiger partial charge in [-0.3, -0.25) is 4.90 Å². The molecule has 0 amide bonds. The maximum Gasteiger partial charge on any atom is 0.103 e. The third kappa shape index (κ3) is 6.00. The predicted octanol–water partition coefficient (Wildman–Crippen LogP) is 2.71. The van der Waals surface area contributed by atoms with Gasteiger partial charge in [-0.1, -0.05) is 30.3 Å². The average Bonchev–Trinajstić information content (AvgIpc) is 2.91. The molecule has 0 aliphatic carbocycles. The van der Waals surface area contributed by atoms with Crippen molar-refractivity contribution in [2.45, 2.75) is 26.3 Å². The van der Waals surface area contributed by atoms with Crippen molar-refractivity contribution in [3.8, 4) is 0 Å². The minimum Gasteiger partial charge on any atom is -0.345 e. The molecule has 2 rings (SSSR count). The Morgan fingerprint density at radius 2 is 1.82 bits per heavy atom. The van der Waals surface area contributed by atoms with Gasteiger partial charge in [0.15, 0.2) is 0 Å². The highest BCUT2D eigenvalue weighted by Crippen LogP contribution is 2.07. The first-order chi connectivity index (χ1) is 10.6. The summed E-state index contributed by atoms with van der Waals surface area (Å²) in [6, 6.07) is 10.7. The topological polar surface area (TPSA) is 35.2 Å². The number of nitrogens with zero attached hydrogens (tertiary/aromatic N) is 3. The zero-order chi connectivity index (χ0) is 15.8. The highest BCUT2D eigenvalue weighted by Gasteiger charge is 2.08. The smallest absolute Gasteiger partial charge is 0.103 e. The third-order valence-corrected chi connectivity index (χ3v) is 3.80. The standard InChI is InChI=1S/C18H28N4/c1-16-19-14-18(20-16)15-22(13-12-21(2)3)11-7-10-17-8-5-4-6-9-17/h4-6,8-9,14H,7,10-13,15H2,1-3H3,(H,19,20). The summed E-state index contributed by atoms with van der Waals surface area (Å²) in [5.74, 6) is 0.992. The van der Waals surface area contributed by atoms with Gasteiger partial charge in [0.25, 0.3) is 0 Å². The summed E-state index contributed by atoms with van der Waals surface area (Å²) in [7, 11) is 4.25. The van der Waals surface area contributed by atoms with Crippen LogP contribution in [-0.4, -0.2) is 53.5 Å². The first kappa shape index (κ1) is 16.7. The van der Waals surface area contributed by atoms with E-state index in [-0.39, 0.29) is 0 Å². The van der Waals surface area contributed by atoms with Gasteiger partial charge in [0, 0.05) is 31.5 Å². The van der Waals surface area contributed by atoms with Crippen molar-refractivity contribution < 1.29 is 0 Å². The van der Waals surface area contributed by atoms with E-state index in [1.165, 1.54) is 17.7 Å². The summed E-state index contributed by atoms with van der Waals surface area (Å²) in [5.41, 5.74) is 2.63. The normalized spacial score (nSPS) is 11.5. The average molecular weight is 300 g/mol. The van der Waals surface area contributed by atoms with Crippen LogP contribution in [0.1, 0.15) is 23.5 Å². The van der Waals surface area contributed by atoms with Gasteiger partial charge in [-0.05, 0) is 46.0 Å². The van der Waals surface area contributed by atoms with Crippen molar-refractivity contribution in [2.75, 3.05) is 33.7 Å². The van der Waals surface area contributed by atoms with E-state index >= 15 is 0 Å². The third-order valence-electron chi connectivity index (χ3n) is 3.80. The largest absolute Gasteiger partial charge is 0.345 e. The molecule has 0 radical (unpaired) electrons. The lowest BCUT2D eigenvalue weighted by Crippen LogP contribution is -2.32. The summed E-state index contributed by atoms with van der Waals surface area (Å²) in [5, 5.41) is 0. The van der Waals surface area contributed by atoms with Crippen LogP contribution in [0, 0.1) is 6.92 Å². The monoisotopic (exact) mass is 300 g/mol. The molecule has 0 aliphatic rings. The van der Waals surface area contributed by atoms with Crippen LogP contribution in [0.3, 0.4) is 0 Å². The van der Waals surface area contributed by atoms with E-state index in [1.54, 1.807) is 0 Å². The van der Waals surface area contributed by atoms with E-state index in [4.69, 9.17) is 0 Å². The van der Waals surface area contributed by atoms with Gasteiger partial charge in [-0.2, -0.15) is 0 Å². The maximum atomic E-state index is 4.30. The number of aryl methyl sites for hydroxylation is 2. The molecule has 0 fully saturated rings. The van der Waals surface area contributed by atoms with Crippen LogP contribution >= 0.6 is 0 Å². The molecule has 22 heavy (non-hydrogen) atoms. The van der Waals surface area contributed by atoms with Gasteiger partial charge in [0.1, 0.15) is 5.82 Å². The van der Waals surface area contributed by atoms with Crippen LogP contribution in [0.4, 0.5) is 0 Å². The second-order valence-corrected chi connectivity index (χ2v) is 6.16. The fourth-order valence-electron chi connectivity index (χ4n) is 2.56. The minimum absolute atomic E-state index is 0.948. The molecule has 4 nitrogen and oxygen atoms in total. The van der Waals surface area contributed by atoms with Crippen LogP contribution in [0.15, 0.2) is 36.5 Å². The molecule has 0 saturated carbocycles. The molecule has 0 aliphatic heterocycles. The van der Waals surface area contributed by atoms with Crippen LogP contribution in [0.2, 0.25) is 0 Å². The molecule has 1 N–H and O–H groups in total. The molecule has 0 unspecified atom stereocenters. The fourth-order valence-corrected chi connectivity index (χ4v) is 2.56. The van der Waals surface area contributed by atoms with E-state index in [0.717, 1.165) is 38.4 Å². The highest BCUT2D eigenvalue weighted by molar-refractivity contribution is 5.14. The molecular weight excluding hydrogens is 272 g/mol. The molecule has 1 aromatic heterocycles. The fraction of sp³-hybridized carbons (Fsp3) is 0.500. The Morgan fingerprint density at radius 3 is 2.45 bits per heavy atom. The molecule has 4 heteroatoms. The lowest BCUT2D eigenvalue weighted by Gasteiger charge is -2.23. The number of rotatable bonds is 9.